The Morgan fingerprint density at radius 3 is 2.74 bits per heavy atom. The van der Waals surface area contributed by atoms with E-state index in [1.54, 1.807) is 23.1 Å². The second-order valence-corrected chi connectivity index (χ2v) is 8.55. The molecule has 1 saturated heterocycles. The van der Waals surface area contributed by atoms with Gasteiger partial charge in [0.15, 0.2) is 0 Å². The highest BCUT2D eigenvalue weighted by Crippen LogP contribution is 2.40. The molecule has 0 N–H and O–H groups in total. The number of carbonyl (C=O) groups is 2. The van der Waals surface area contributed by atoms with Crippen LogP contribution in [0.5, 0.6) is 0 Å². The summed E-state index contributed by atoms with van der Waals surface area (Å²) in [5.74, 6) is -1.07. The average Bonchev–Trinajstić information content (AvgIpc) is 3.16. The highest BCUT2D eigenvalue weighted by molar-refractivity contribution is 7.89. The first-order valence-corrected chi connectivity index (χ1v) is 10.2. The van der Waals surface area contributed by atoms with E-state index in [0.29, 0.717) is 23.5 Å². The first kappa shape index (κ1) is 16.2. The molecule has 23 heavy (non-hydrogen) atoms. The van der Waals surface area contributed by atoms with Gasteiger partial charge in [-0.2, -0.15) is 0 Å². The van der Waals surface area contributed by atoms with E-state index >= 15 is 0 Å². The molecule has 2 atom stereocenters. The lowest BCUT2D eigenvalue weighted by Gasteiger charge is -2.26. The number of nitrogens with zero attached hydrogens (tertiary/aromatic N) is 2. The average molecular weight is 354 g/mol. The number of rotatable bonds is 4. The van der Waals surface area contributed by atoms with Crippen molar-refractivity contribution in [3.63, 3.8) is 0 Å². The Hall–Kier alpha value is -1.67. The van der Waals surface area contributed by atoms with Crippen molar-refractivity contribution >= 4 is 33.2 Å². The lowest BCUT2D eigenvalue weighted by Crippen LogP contribution is -2.40. The Bertz CT molecular complexity index is 767. The summed E-state index contributed by atoms with van der Waals surface area (Å²) >= 11 is 1.34. The topological polar surface area (TPSA) is 74.8 Å². The van der Waals surface area contributed by atoms with Crippen LogP contribution in [0.4, 0.5) is 0 Å². The molecule has 124 valence electrons. The Kier molecular flexibility index (Phi) is 4.05. The summed E-state index contributed by atoms with van der Waals surface area (Å²) < 4.78 is 24.9. The van der Waals surface area contributed by atoms with Gasteiger partial charge in [-0.25, -0.2) is 12.7 Å². The minimum Gasteiger partial charge on any atom is -0.325 e. The second-order valence-electron chi connectivity index (χ2n) is 5.77. The number of sulfonamides is 1. The Balaban J connectivity index is 1.98. The van der Waals surface area contributed by atoms with Crippen molar-refractivity contribution in [3.8, 4) is 0 Å². The SMILES string of the molecule is CCC[C@H]1C(=O)N(S(C)(=O)=O)C2=CCN(C(=O)c3cccs3)[C@@H]21. The van der Waals surface area contributed by atoms with Crippen molar-refractivity contribution in [3.05, 3.63) is 34.2 Å². The molecule has 2 aliphatic heterocycles. The predicted molar refractivity (Wildman–Crippen MR) is 87.3 cm³/mol. The minimum absolute atomic E-state index is 0.152. The lowest BCUT2D eigenvalue weighted by molar-refractivity contribution is -0.127. The molecule has 0 saturated carbocycles. The number of carbonyl (C=O) groups excluding carboxylic acids is 2. The van der Waals surface area contributed by atoms with Gasteiger partial charge in [-0.05, 0) is 23.9 Å². The highest BCUT2D eigenvalue weighted by atomic mass is 32.2. The molecule has 0 aliphatic carbocycles. The first-order valence-electron chi connectivity index (χ1n) is 7.45. The number of hydrogen-bond acceptors (Lipinski definition) is 5. The van der Waals surface area contributed by atoms with E-state index in [0.717, 1.165) is 17.0 Å². The third kappa shape index (κ3) is 2.59. The molecule has 3 rings (SSSR count). The van der Waals surface area contributed by atoms with Crippen molar-refractivity contribution in [2.45, 2.75) is 25.8 Å². The number of hydrogen-bond donors (Lipinski definition) is 0. The summed E-state index contributed by atoms with van der Waals surface area (Å²) in [5, 5.41) is 1.82. The van der Waals surface area contributed by atoms with E-state index in [9.17, 15) is 18.0 Å². The molecule has 0 bridgehead atoms. The van der Waals surface area contributed by atoms with Crippen LogP contribution in [0, 0.1) is 5.92 Å². The van der Waals surface area contributed by atoms with Crippen LogP contribution in [0.2, 0.25) is 0 Å². The van der Waals surface area contributed by atoms with Crippen LogP contribution < -0.4 is 0 Å². The van der Waals surface area contributed by atoms with Crippen LogP contribution >= 0.6 is 11.3 Å². The summed E-state index contributed by atoms with van der Waals surface area (Å²) in [6.45, 7) is 2.27. The Labute approximate surface area is 139 Å². The molecule has 1 aromatic heterocycles. The van der Waals surface area contributed by atoms with Crippen molar-refractivity contribution in [1.29, 1.82) is 0 Å². The van der Waals surface area contributed by atoms with Gasteiger partial charge in [0.1, 0.15) is 0 Å². The van der Waals surface area contributed by atoms with Crippen molar-refractivity contribution in [2.24, 2.45) is 5.92 Å². The van der Waals surface area contributed by atoms with Crippen molar-refractivity contribution in [1.82, 2.24) is 9.21 Å². The maximum atomic E-state index is 12.7. The quantitative estimate of drug-likeness (QED) is 0.824. The molecular formula is C15H18N2O4S2. The number of thiophene rings is 1. The molecule has 6 nitrogen and oxygen atoms in total. The van der Waals surface area contributed by atoms with Crippen LogP contribution in [0.25, 0.3) is 0 Å². The van der Waals surface area contributed by atoms with E-state index in [1.165, 1.54) is 11.3 Å². The van der Waals surface area contributed by atoms with Gasteiger partial charge >= 0.3 is 0 Å². The Morgan fingerprint density at radius 1 is 1.43 bits per heavy atom. The zero-order chi connectivity index (χ0) is 16.8. The van der Waals surface area contributed by atoms with Crippen LogP contribution in [-0.2, 0) is 14.8 Å². The largest absolute Gasteiger partial charge is 0.325 e. The fourth-order valence-corrected chi connectivity index (χ4v) is 5.03. The molecule has 0 radical (unpaired) electrons. The molecule has 1 fully saturated rings. The van der Waals surface area contributed by atoms with Gasteiger partial charge in [0.05, 0.1) is 28.8 Å². The fourth-order valence-electron chi connectivity index (χ4n) is 3.32. The Morgan fingerprint density at radius 2 is 2.17 bits per heavy atom. The first-order chi connectivity index (χ1) is 10.9. The summed E-state index contributed by atoms with van der Waals surface area (Å²) in [4.78, 5) is 27.5. The summed E-state index contributed by atoms with van der Waals surface area (Å²) in [6.07, 6.45) is 4.02. The molecule has 0 unspecified atom stereocenters. The minimum atomic E-state index is -3.68. The predicted octanol–water partition coefficient (Wildman–Crippen LogP) is 1.67. The third-order valence-electron chi connectivity index (χ3n) is 4.19. The van der Waals surface area contributed by atoms with Crippen LogP contribution in [0.3, 0.4) is 0 Å². The highest BCUT2D eigenvalue weighted by Gasteiger charge is 2.53. The normalized spacial score (nSPS) is 24.1. The number of amides is 2. The lowest BCUT2D eigenvalue weighted by atomic mass is 9.96. The van der Waals surface area contributed by atoms with Crippen LogP contribution in [-0.4, -0.2) is 48.3 Å². The van der Waals surface area contributed by atoms with Gasteiger partial charge in [-0.15, -0.1) is 11.3 Å². The van der Waals surface area contributed by atoms with E-state index in [-0.39, 0.29) is 5.91 Å². The number of fused-ring (bicyclic) bond motifs is 1. The third-order valence-corrected chi connectivity index (χ3v) is 6.10. The maximum absolute atomic E-state index is 12.7. The van der Waals surface area contributed by atoms with Gasteiger partial charge in [-0.1, -0.05) is 19.4 Å². The standard InChI is InChI=1S/C15H18N2O4S2/c1-3-5-10-13-11(17(14(10)18)23(2,20)21)7-8-16(13)15(19)12-6-4-9-22-12/h4,6-7,9-10,13H,3,5,8H2,1-2H3/t10-,13-/m1/s1. The van der Waals surface area contributed by atoms with Gasteiger partial charge in [0.25, 0.3) is 5.91 Å². The van der Waals surface area contributed by atoms with E-state index < -0.39 is 27.9 Å². The molecule has 8 heteroatoms. The van der Waals surface area contributed by atoms with Crippen LogP contribution in [0.15, 0.2) is 29.3 Å². The van der Waals surface area contributed by atoms with E-state index in [4.69, 9.17) is 0 Å². The molecule has 0 spiro atoms. The van der Waals surface area contributed by atoms with Gasteiger partial charge in [0.2, 0.25) is 15.9 Å². The molecule has 1 aromatic rings. The summed E-state index contributed by atoms with van der Waals surface area (Å²) in [5.41, 5.74) is 0.431. The molecule has 2 aliphatic rings. The van der Waals surface area contributed by atoms with Crippen molar-refractivity contribution < 1.29 is 18.0 Å². The summed E-state index contributed by atoms with van der Waals surface area (Å²) in [7, 11) is -3.68. The van der Waals surface area contributed by atoms with Gasteiger partial charge in [-0.3, -0.25) is 9.59 Å². The van der Waals surface area contributed by atoms with Crippen molar-refractivity contribution in [2.75, 3.05) is 12.8 Å². The molecular weight excluding hydrogens is 336 g/mol. The summed E-state index contributed by atoms with van der Waals surface area (Å²) in [6, 6.07) is 3.06. The monoisotopic (exact) mass is 354 g/mol. The molecule has 3 heterocycles. The van der Waals surface area contributed by atoms with Gasteiger partial charge in [0, 0.05) is 6.54 Å². The maximum Gasteiger partial charge on any atom is 0.264 e. The second kappa shape index (κ2) is 5.76. The smallest absolute Gasteiger partial charge is 0.264 e. The zero-order valence-electron chi connectivity index (χ0n) is 12.9. The molecule has 2 amide bonds. The fraction of sp³-hybridized carbons (Fsp3) is 0.467. The van der Waals surface area contributed by atoms with Gasteiger partial charge < -0.3 is 4.90 Å². The van der Waals surface area contributed by atoms with E-state index in [1.807, 2.05) is 12.3 Å². The van der Waals surface area contributed by atoms with Crippen LogP contribution in [0.1, 0.15) is 29.4 Å². The zero-order valence-corrected chi connectivity index (χ0v) is 14.6. The molecule has 0 aromatic carbocycles. The van der Waals surface area contributed by atoms with E-state index in [2.05, 4.69) is 0 Å².